The number of nitrogens with one attached hydrogen (secondary N) is 2. The number of nitrogens with zero attached hydrogens (tertiary/aromatic N) is 2. The minimum absolute atomic E-state index is 0.0101. The van der Waals surface area contributed by atoms with Gasteiger partial charge in [0.2, 0.25) is 0 Å². The Morgan fingerprint density at radius 2 is 1.79 bits per heavy atom. The maximum atomic E-state index is 14.5. The van der Waals surface area contributed by atoms with Crippen molar-refractivity contribution in [2.75, 3.05) is 56.2 Å². The molecule has 0 radical (unpaired) electrons. The van der Waals surface area contributed by atoms with E-state index >= 15 is 0 Å². The SMILES string of the molecule is O=C(N[C@@H]1CCN(c2c(C(=O)N3CCOCC3)cc(Br)cc2C(F)(F)F)C1)C1=CCNc2c(F)ccc(F)c21. The molecule has 13 heteroatoms. The fourth-order valence-electron chi connectivity index (χ4n) is 5.15. The van der Waals surface area contributed by atoms with Gasteiger partial charge in [-0.1, -0.05) is 22.0 Å². The highest BCUT2D eigenvalue weighted by Gasteiger charge is 2.40. The molecule has 5 rings (SSSR count). The van der Waals surface area contributed by atoms with Gasteiger partial charge >= 0.3 is 6.18 Å². The lowest BCUT2D eigenvalue weighted by molar-refractivity contribution is -0.137. The molecule has 2 aromatic rings. The van der Waals surface area contributed by atoms with Crippen molar-refractivity contribution in [1.29, 1.82) is 0 Å². The minimum atomic E-state index is -4.74. The highest BCUT2D eigenvalue weighted by Crippen LogP contribution is 2.42. The third kappa shape index (κ3) is 5.46. The summed E-state index contributed by atoms with van der Waals surface area (Å²) in [6, 6.07) is 3.61. The number of benzene rings is 2. The van der Waals surface area contributed by atoms with Crippen LogP contribution in [0.2, 0.25) is 0 Å². The Labute approximate surface area is 229 Å². The summed E-state index contributed by atoms with van der Waals surface area (Å²) in [6.45, 7) is 1.33. The quantitative estimate of drug-likeness (QED) is 0.499. The summed E-state index contributed by atoms with van der Waals surface area (Å²) in [5.74, 6) is -2.68. The fourth-order valence-corrected chi connectivity index (χ4v) is 5.61. The summed E-state index contributed by atoms with van der Waals surface area (Å²) in [5.41, 5.74) is -1.68. The first kappa shape index (κ1) is 27.4. The van der Waals surface area contributed by atoms with E-state index in [1.807, 2.05) is 0 Å². The van der Waals surface area contributed by atoms with Crippen molar-refractivity contribution in [2.24, 2.45) is 0 Å². The largest absolute Gasteiger partial charge is 0.418 e. The van der Waals surface area contributed by atoms with E-state index in [2.05, 4.69) is 26.6 Å². The molecule has 39 heavy (non-hydrogen) atoms. The van der Waals surface area contributed by atoms with Crippen molar-refractivity contribution in [1.82, 2.24) is 10.2 Å². The van der Waals surface area contributed by atoms with Crippen molar-refractivity contribution >= 4 is 44.7 Å². The highest BCUT2D eigenvalue weighted by molar-refractivity contribution is 9.10. The van der Waals surface area contributed by atoms with E-state index < -0.39 is 41.2 Å². The van der Waals surface area contributed by atoms with E-state index in [9.17, 15) is 31.5 Å². The molecule has 2 fully saturated rings. The van der Waals surface area contributed by atoms with Gasteiger partial charge in [-0.05, 0) is 30.7 Å². The number of anilines is 2. The number of ether oxygens (including phenoxy) is 1. The first-order valence-corrected chi connectivity index (χ1v) is 13.1. The molecule has 2 amide bonds. The number of alkyl halides is 3. The Hall–Kier alpha value is -3.19. The predicted octanol–water partition coefficient (Wildman–Crippen LogP) is 4.42. The van der Waals surface area contributed by atoms with Gasteiger partial charge in [0.25, 0.3) is 11.8 Å². The molecule has 1 atom stereocenters. The van der Waals surface area contributed by atoms with Crippen LogP contribution < -0.4 is 15.5 Å². The van der Waals surface area contributed by atoms with Gasteiger partial charge in [-0.2, -0.15) is 13.2 Å². The Balaban J connectivity index is 1.41. The fraction of sp³-hybridized carbons (Fsp3) is 0.385. The van der Waals surface area contributed by atoms with Crippen molar-refractivity contribution in [3.8, 4) is 0 Å². The smallest absolute Gasteiger partial charge is 0.379 e. The van der Waals surface area contributed by atoms with E-state index in [0.29, 0.717) is 0 Å². The van der Waals surface area contributed by atoms with Crippen LogP contribution in [0, 0.1) is 11.6 Å². The normalized spacial score (nSPS) is 19.3. The van der Waals surface area contributed by atoms with Gasteiger partial charge in [0, 0.05) is 54.4 Å². The van der Waals surface area contributed by atoms with Crippen LogP contribution in [0.25, 0.3) is 5.57 Å². The molecule has 3 heterocycles. The number of carbonyl (C=O) groups excluding carboxylic acids is 2. The Morgan fingerprint density at radius 3 is 2.51 bits per heavy atom. The molecule has 0 bridgehead atoms. The maximum Gasteiger partial charge on any atom is 0.418 e. The van der Waals surface area contributed by atoms with Gasteiger partial charge in [0.1, 0.15) is 11.6 Å². The van der Waals surface area contributed by atoms with Crippen molar-refractivity contribution < 1.29 is 36.3 Å². The van der Waals surface area contributed by atoms with Crippen molar-refractivity contribution in [3.05, 3.63) is 63.1 Å². The number of morpholine rings is 1. The van der Waals surface area contributed by atoms with Crippen LogP contribution >= 0.6 is 15.9 Å². The van der Waals surface area contributed by atoms with Crippen molar-refractivity contribution in [3.63, 3.8) is 0 Å². The lowest BCUT2D eigenvalue weighted by Crippen LogP contribution is -2.42. The monoisotopic (exact) mass is 614 g/mol. The molecular weight excluding hydrogens is 591 g/mol. The number of hydrogen-bond donors (Lipinski definition) is 2. The van der Waals surface area contributed by atoms with E-state index in [1.165, 1.54) is 21.9 Å². The number of halogens is 6. The Morgan fingerprint density at radius 1 is 1.08 bits per heavy atom. The van der Waals surface area contributed by atoms with Crippen LogP contribution in [0.3, 0.4) is 0 Å². The second-order valence-corrected chi connectivity index (χ2v) is 10.4. The van der Waals surface area contributed by atoms with Gasteiger partial charge in [0.05, 0.1) is 35.7 Å². The van der Waals surface area contributed by atoms with Gasteiger partial charge in [-0.15, -0.1) is 0 Å². The molecule has 3 aliphatic heterocycles. The van der Waals surface area contributed by atoms with E-state index in [1.54, 1.807) is 0 Å². The molecule has 208 valence electrons. The molecule has 2 saturated heterocycles. The molecule has 0 aromatic heterocycles. The van der Waals surface area contributed by atoms with Gasteiger partial charge < -0.3 is 25.2 Å². The van der Waals surface area contributed by atoms with Crippen LogP contribution in [0.5, 0.6) is 0 Å². The molecule has 2 aromatic carbocycles. The van der Waals surface area contributed by atoms with Crippen molar-refractivity contribution in [2.45, 2.75) is 18.6 Å². The summed E-state index contributed by atoms with van der Waals surface area (Å²) in [7, 11) is 0. The number of hydrogen-bond acceptors (Lipinski definition) is 5. The average molecular weight is 615 g/mol. The van der Waals surface area contributed by atoms with Gasteiger partial charge in [-0.3, -0.25) is 9.59 Å². The number of rotatable bonds is 4. The van der Waals surface area contributed by atoms with Crippen LogP contribution in [0.1, 0.15) is 27.9 Å². The summed E-state index contributed by atoms with van der Waals surface area (Å²) in [5, 5.41) is 5.46. The Kier molecular flexibility index (Phi) is 7.55. The lowest BCUT2D eigenvalue weighted by Gasteiger charge is -2.31. The molecule has 0 unspecified atom stereocenters. The standard InChI is InChI=1S/C26H24BrF5N4O3/c27-14-11-17(25(38)35-7-9-39-10-8-35)23(18(12-14)26(30,31)32)36-6-4-15(13-36)34-24(37)16-3-5-33-22-20(29)2-1-19(28)21(16)22/h1-3,11-12,15,33H,4-10,13H2,(H,34,37)/t15-/m1/s1. The summed E-state index contributed by atoms with van der Waals surface area (Å²) >= 11 is 3.11. The van der Waals surface area contributed by atoms with E-state index in [0.717, 1.165) is 18.2 Å². The number of amides is 2. The summed E-state index contributed by atoms with van der Waals surface area (Å²) < 4.78 is 76.7. The third-order valence-corrected chi connectivity index (χ3v) is 7.41. The van der Waals surface area contributed by atoms with Crippen LogP contribution in [-0.2, 0) is 15.7 Å². The second kappa shape index (κ2) is 10.8. The molecule has 2 N–H and O–H groups in total. The molecule has 0 saturated carbocycles. The van der Waals surface area contributed by atoms with Crippen LogP contribution in [-0.4, -0.2) is 68.7 Å². The second-order valence-electron chi connectivity index (χ2n) is 9.43. The molecule has 7 nitrogen and oxygen atoms in total. The zero-order valence-electron chi connectivity index (χ0n) is 20.5. The average Bonchev–Trinajstić information content (AvgIpc) is 3.37. The summed E-state index contributed by atoms with van der Waals surface area (Å²) in [4.78, 5) is 29.4. The zero-order chi connectivity index (χ0) is 27.9. The number of carbonyl (C=O) groups is 2. The van der Waals surface area contributed by atoms with E-state index in [4.69, 9.17) is 4.74 Å². The van der Waals surface area contributed by atoms with E-state index in [-0.39, 0.29) is 84.9 Å². The molecule has 3 aliphatic rings. The summed E-state index contributed by atoms with van der Waals surface area (Å²) in [6.07, 6.45) is -3.03. The zero-order valence-corrected chi connectivity index (χ0v) is 22.1. The maximum absolute atomic E-state index is 14.5. The van der Waals surface area contributed by atoms with Gasteiger partial charge in [0.15, 0.2) is 0 Å². The molecule has 0 spiro atoms. The van der Waals surface area contributed by atoms with Gasteiger partial charge in [-0.25, -0.2) is 8.78 Å². The van der Waals surface area contributed by atoms with Crippen LogP contribution in [0.15, 0.2) is 34.8 Å². The topological polar surface area (TPSA) is 73.9 Å². The third-order valence-electron chi connectivity index (χ3n) is 6.95. The molecule has 0 aliphatic carbocycles. The first-order chi connectivity index (χ1) is 18.5. The predicted molar refractivity (Wildman–Crippen MR) is 137 cm³/mol. The van der Waals surface area contributed by atoms with Crippen LogP contribution in [0.4, 0.5) is 33.3 Å². The highest BCUT2D eigenvalue weighted by atomic mass is 79.9. The first-order valence-electron chi connectivity index (χ1n) is 12.3. The lowest BCUT2D eigenvalue weighted by atomic mass is 9.98. The minimum Gasteiger partial charge on any atom is -0.379 e. The number of fused-ring (bicyclic) bond motifs is 1. The Bertz CT molecular complexity index is 1340. The molecular formula is C26H24BrF5N4O3.